The van der Waals surface area contributed by atoms with Crippen LogP contribution >= 0.6 is 11.3 Å². The number of carbonyl (C=O) groups excluding carboxylic acids is 3. The van der Waals surface area contributed by atoms with Gasteiger partial charge in [0.15, 0.2) is 6.61 Å². The zero-order chi connectivity index (χ0) is 20.8. The molecule has 0 bridgehead atoms. The first-order chi connectivity index (χ1) is 14.0. The molecule has 0 atom stereocenters. The molecule has 0 aliphatic carbocycles. The molecule has 3 aromatic rings. The van der Waals surface area contributed by atoms with Gasteiger partial charge < -0.3 is 19.2 Å². The first-order valence-electron chi connectivity index (χ1n) is 8.87. The van der Waals surface area contributed by atoms with Crippen LogP contribution in [0, 0.1) is 6.92 Å². The van der Waals surface area contributed by atoms with Crippen molar-refractivity contribution in [2.75, 3.05) is 18.5 Å². The van der Waals surface area contributed by atoms with Crippen LogP contribution in [0.25, 0.3) is 11.1 Å². The minimum Gasteiger partial charge on any atom is -0.462 e. The predicted octanol–water partition coefficient (Wildman–Crippen LogP) is 4.29. The largest absolute Gasteiger partial charge is 0.462 e. The van der Waals surface area contributed by atoms with E-state index in [1.165, 1.54) is 23.7 Å². The van der Waals surface area contributed by atoms with E-state index >= 15 is 0 Å². The van der Waals surface area contributed by atoms with Crippen molar-refractivity contribution in [2.45, 2.75) is 13.8 Å². The summed E-state index contributed by atoms with van der Waals surface area (Å²) in [5.41, 5.74) is 1.83. The van der Waals surface area contributed by atoms with Gasteiger partial charge in [0.25, 0.3) is 5.91 Å². The lowest BCUT2D eigenvalue weighted by Gasteiger charge is -2.09. The second-order valence-electron chi connectivity index (χ2n) is 5.93. The van der Waals surface area contributed by atoms with Gasteiger partial charge in [-0.3, -0.25) is 4.79 Å². The first kappa shape index (κ1) is 20.3. The fourth-order valence-corrected chi connectivity index (χ4v) is 3.82. The maximum atomic E-state index is 12.6. The van der Waals surface area contributed by atoms with E-state index in [1.807, 2.05) is 37.3 Å². The Labute approximate surface area is 171 Å². The summed E-state index contributed by atoms with van der Waals surface area (Å²) in [7, 11) is 0. The van der Waals surface area contributed by atoms with Gasteiger partial charge in [0.1, 0.15) is 10.6 Å². The number of benzene rings is 1. The molecule has 3 rings (SSSR count). The number of anilines is 1. The summed E-state index contributed by atoms with van der Waals surface area (Å²) in [6.45, 7) is 3.27. The van der Waals surface area contributed by atoms with Gasteiger partial charge in [-0.25, -0.2) is 9.59 Å². The molecule has 2 heterocycles. The van der Waals surface area contributed by atoms with E-state index in [1.54, 1.807) is 13.0 Å². The van der Waals surface area contributed by atoms with Crippen LogP contribution in [0.3, 0.4) is 0 Å². The maximum absolute atomic E-state index is 12.6. The van der Waals surface area contributed by atoms with Crippen molar-refractivity contribution in [1.82, 2.24) is 0 Å². The number of rotatable bonds is 7. The lowest BCUT2D eigenvalue weighted by atomic mass is 10.0. The van der Waals surface area contributed by atoms with Gasteiger partial charge in [0.2, 0.25) is 5.76 Å². The van der Waals surface area contributed by atoms with Crippen molar-refractivity contribution in [3.63, 3.8) is 0 Å². The zero-order valence-electron chi connectivity index (χ0n) is 15.9. The van der Waals surface area contributed by atoms with Crippen LogP contribution in [0.2, 0.25) is 0 Å². The fraction of sp³-hybridized carbons (Fsp3) is 0.190. The summed E-state index contributed by atoms with van der Waals surface area (Å²) >= 11 is 1.26. The van der Waals surface area contributed by atoms with Gasteiger partial charge in [-0.15, -0.1) is 11.3 Å². The Balaban J connectivity index is 1.82. The van der Waals surface area contributed by atoms with Crippen LogP contribution in [0.4, 0.5) is 5.00 Å². The molecular weight excluding hydrogens is 394 g/mol. The molecule has 0 aliphatic heterocycles. The average Bonchev–Trinajstić information content (AvgIpc) is 3.35. The lowest BCUT2D eigenvalue weighted by Crippen LogP contribution is -2.21. The normalized spacial score (nSPS) is 10.4. The molecule has 1 amide bonds. The Bertz CT molecular complexity index is 1010. The SMILES string of the molecule is CCOC(=O)c1c(NC(=O)COC(=O)c2ccco2)sc(C)c1-c1ccccc1. The van der Waals surface area contributed by atoms with E-state index < -0.39 is 24.5 Å². The summed E-state index contributed by atoms with van der Waals surface area (Å²) in [6.07, 6.45) is 1.34. The number of esters is 2. The van der Waals surface area contributed by atoms with E-state index in [9.17, 15) is 14.4 Å². The fourth-order valence-electron chi connectivity index (χ4n) is 2.74. The van der Waals surface area contributed by atoms with Crippen LogP contribution in [0.15, 0.2) is 53.1 Å². The van der Waals surface area contributed by atoms with Gasteiger partial charge in [-0.1, -0.05) is 30.3 Å². The third-order valence-corrected chi connectivity index (χ3v) is 4.96. The van der Waals surface area contributed by atoms with Gasteiger partial charge in [0, 0.05) is 10.4 Å². The summed E-state index contributed by atoms with van der Waals surface area (Å²) < 4.78 is 15.1. The summed E-state index contributed by atoms with van der Waals surface area (Å²) in [5.74, 6) is -1.85. The predicted molar refractivity (Wildman–Crippen MR) is 108 cm³/mol. The van der Waals surface area contributed by atoms with Crippen LogP contribution in [-0.4, -0.2) is 31.1 Å². The van der Waals surface area contributed by atoms with E-state index in [0.717, 1.165) is 10.4 Å². The topological polar surface area (TPSA) is 94.8 Å². The third-order valence-electron chi connectivity index (χ3n) is 3.94. The number of nitrogens with one attached hydrogen (secondary N) is 1. The molecule has 29 heavy (non-hydrogen) atoms. The van der Waals surface area contributed by atoms with Crippen molar-refractivity contribution in [3.05, 3.63) is 64.9 Å². The van der Waals surface area contributed by atoms with E-state index in [-0.39, 0.29) is 17.9 Å². The number of hydrogen-bond donors (Lipinski definition) is 1. The minimum absolute atomic E-state index is 0.00310. The van der Waals surface area contributed by atoms with E-state index in [0.29, 0.717) is 10.6 Å². The average molecular weight is 413 g/mol. The van der Waals surface area contributed by atoms with Crippen molar-refractivity contribution >= 4 is 34.2 Å². The first-order valence-corrected chi connectivity index (χ1v) is 9.69. The summed E-state index contributed by atoms with van der Waals surface area (Å²) in [4.78, 5) is 37.6. The minimum atomic E-state index is -0.747. The highest BCUT2D eigenvalue weighted by atomic mass is 32.1. The number of aryl methyl sites for hydroxylation is 1. The molecule has 0 unspecified atom stereocenters. The number of carbonyl (C=O) groups is 3. The van der Waals surface area contributed by atoms with Gasteiger partial charge in [-0.2, -0.15) is 0 Å². The number of furan rings is 1. The number of thiophene rings is 1. The maximum Gasteiger partial charge on any atom is 0.374 e. The Kier molecular flexibility index (Phi) is 6.46. The van der Waals surface area contributed by atoms with Crippen LogP contribution in [-0.2, 0) is 14.3 Å². The number of hydrogen-bond acceptors (Lipinski definition) is 7. The van der Waals surface area contributed by atoms with Crippen molar-refractivity contribution in [1.29, 1.82) is 0 Å². The second kappa shape index (κ2) is 9.20. The van der Waals surface area contributed by atoms with Crippen molar-refractivity contribution in [3.8, 4) is 11.1 Å². The van der Waals surface area contributed by atoms with Gasteiger partial charge >= 0.3 is 11.9 Å². The van der Waals surface area contributed by atoms with Crippen molar-refractivity contribution in [2.24, 2.45) is 0 Å². The Hall–Kier alpha value is -3.39. The molecule has 0 radical (unpaired) electrons. The summed E-state index contributed by atoms with van der Waals surface area (Å²) in [6, 6.07) is 12.4. The molecule has 1 N–H and O–H groups in total. The van der Waals surface area contributed by atoms with Crippen LogP contribution < -0.4 is 5.32 Å². The molecule has 0 saturated heterocycles. The molecule has 0 fully saturated rings. The Morgan fingerprint density at radius 3 is 2.45 bits per heavy atom. The molecule has 7 nitrogen and oxygen atoms in total. The van der Waals surface area contributed by atoms with E-state index in [4.69, 9.17) is 13.9 Å². The van der Waals surface area contributed by atoms with Crippen LogP contribution in [0.1, 0.15) is 32.7 Å². The highest BCUT2D eigenvalue weighted by Crippen LogP contribution is 2.40. The molecule has 0 spiro atoms. The Morgan fingerprint density at radius 2 is 1.79 bits per heavy atom. The molecular formula is C21H19NO6S. The molecule has 150 valence electrons. The number of amides is 1. The quantitative estimate of drug-likeness (QED) is 0.581. The summed E-state index contributed by atoms with van der Waals surface area (Å²) in [5, 5.41) is 3.00. The standard InChI is InChI=1S/C21H19NO6S/c1-3-26-21(25)18-17(14-8-5-4-6-9-14)13(2)29-19(18)22-16(23)12-28-20(24)15-10-7-11-27-15/h4-11H,3,12H2,1-2H3,(H,22,23). The van der Waals surface area contributed by atoms with E-state index in [2.05, 4.69) is 5.32 Å². The molecule has 2 aromatic heterocycles. The number of ether oxygens (including phenoxy) is 2. The van der Waals surface area contributed by atoms with Gasteiger partial charge in [0.05, 0.1) is 12.9 Å². The van der Waals surface area contributed by atoms with Gasteiger partial charge in [-0.05, 0) is 31.5 Å². The smallest absolute Gasteiger partial charge is 0.374 e. The monoisotopic (exact) mass is 413 g/mol. The third kappa shape index (κ3) is 4.72. The molecule has 1 aromatic carbocycles. The molecule has 0 saturated carbocycles. The van der Waals surface area contributed by atoms with Crippen LogP contribution in [0.5, 0.6) is 0 Å². The molecule has 0 aliphatic rings. The zero-order valence-corrected chi connectivity index (χ0v) is 16.7. The Morgan fingerprint density at radius 1 is 1.03 bits per heavy atom. The highest BCUT2D eigenvalue weighted by Gasteiger charge is 2.25. The lowest BCUT2D eigenvalue weighted by molar-refractivity contribution is -0.119. The molecule has 8 heteroatoms. The highest BCUT2D eigenvalue weighted by molar-refractivity contribution is 7.17. The second-order valence-corrected chi connectivity index (χ2v) is 7.15. The van der Waals surface area contributed by atoms with Crippen molar-refractivity contribution < 1.29 is 28.3 Å².